The Morgan fingerprint density at radius 2 is 0.596 bits per heavy atom. The SMILES string of the molecule is C1CCC(P(C2CCCCC2)C2CCCCC2)CC1.CCOP(OCC)OCC.CCP(CC)CC.c1ccc(OP(Oc2ccccc2)Oc2ccccc2)cc1.c1ccc(P(c2ccccc2)C2CCCCC2)cc1.c1coc(P(c2ccco2)c2ccco2)c1.c1csc(P(c2cccs2)c2cccs2)c1. The smallest absolute Gasteiger partial charge is 0.464 e. The van der Waals surface area contributed by atoms with E-state index >= 15 is 0 Å². The third kappa shape index (κ3) is 31.2. The summed E-state index contributed by atoms with van der Waals surface area (Å²) in [5, 5.41) is 9.62. The third-order valence-corrected chi connectivity index (χ3v) is 39.8. The second kappa shape index (κ2) is 53.4. The zero-order valence-corrected chi connectivity index (χ0v) is 73.8. The van der Waals surface area contributed by atoms with Crippen LogP contribution in [0.1, 0.15) is 170 Å². The summed E-state index contributed by atoms with van der Waals surface area (Å²) in [7, 11) is -3.10. The third-order valence-electron chi connectivity index (χ3n) is 19.2. The fourth-order valence-corrected chi connectivity index (χ4v) is 33.6. The van der Waals surface area contributed by atoms with Crippen LogP contribution in [0.5, 0.6) is 17.2 Å². The maximum Gasteiger partial charge on any atom is 0.530 e. The molecule has 4 saturated carbocycles. The molecule has 0 bridgehead atoms. The molecule has 5 aromatic carbocycles. The van der Waals surface area contributed by atoms with Crippen LogP contribution in [0.3, 0.4) is 0 Å². The Labute approximate surface area is 674 Å². The first-order chi connectivity index (χ1) is 53.9. The summed E-state index contributed by atoms with van der Waals surface area (Å²) in [6.45, 7) is 14.6. The van der Waals surface area contributed by atoms with Crippen LogP contribution in [0, 0.1) is 0 Å². The number of benzene rings is 5. The monoisotopic (exact) mass is 1650 g/mol. The van der Waals surface area contributed by atoms with Gasteiger partial charge in [-0.1, -0.05) is 239 Å². The van der Waals surface area contributed by atoms with Gasteiger partial charge in [0.05, 0.1) is 38.6 Å². The van der Waals surface area contributed by atoms with Crippen LogP contribution >= 0.6 is 90.8 Å². The van der Waals surface area contributed by atoms with Gasteiger partial charge in [0.25, 0.3) is 0 Å². The Hall–Kier alpha value is -4.67. The Morgan fingerprint density at radius 3 is 0.844 bits per heavy atom. The van der Waals surface area contributed by atoms with Gasteiger partial charge in [-0.15, -0.1) is 41.9 Å². The van der Waals surface area contributed by atoms with Gasteiger partial charge in [-0.05, 0) is 239 Å². The second-order valence-electron chi connectivity index (χ2n) is 26.6. The van der Waals surface area contributed by atoms with E-state index in [2.05, 4.69) is 134 Å². The molecule has 0 spiro atoms. The molecule has 9 nitrogen and oxygen atoms in total. The minimum absolute atomic E-state index is 0.169. The minimum atomic E-state index is -1.59. The molecule has 11 aromatic rings. The van der Waals surface area contributed by atoms with Crippen molar-refractivity contribution in [2.75, 3.05) is 38.3 Å². The van der Waals surface area contributed by atoms with Crippen molar-refractivity contribution in [3.8, 4) is 17.2 Å². The topological polar surface area (TPSA) is 94.8 Å². The summed E-state index contributed by atoms with van der Waals surface area (Å²) >= 11 is 5.61. The molecular weight excluding hydrogens is 1540 g/mol. The van der Waals surface area contributed by atoms with E-state index in [0.29, 0.717) is 52.9 Å². The number of rotatable bonds is 27. The number of thiophene rings is 3. The molecule has 0 aliphatic heterocycles. The van der Waals surface area contributed by atoms with E-state index in [0.717, 1.165) is 22.2 Å². The summed E-state index contributed by atoms with van der Waals surface area (Å²) in [4.78, 5) is 0. The predicted octanol–water partition coefficient (Wildman–Crippen LogP) is 27.1. The molecule has 0 unspecified atom stereocenters. The van der Waals surface area contributed by atoms with Gasteiger partial charge in [0, 0.05) is 21.8 Å². The van der Waals surface area contributed by atoms with Crippen LogP contribution in [-0.2, 0) is 13.6 Å². The molecule has 6 heterocycles. The van der Waals surface area contributed by atoms with Crippen LogP contribution < -0.4 is 54.5 Å². The van der Waals surface area contributed by atoms with Crippen LogP contribution in [0.25, 0.3) is 0 Å². The first-order valence-electron chi connectivity index (χ1n) is 39.8. The normalized spacial score (nSPS) is 14.9. The Bertz CT molecular complexity index is 3400. The molecule has 0 N–H and O–H groups in total. The van der Waals surface area contributed by atoms with Crippen molar-refractivity contribution in [1.82, 2.24) is 0 Å². The first kappa shape index (κ1) is 88.3. The largest absolute Gasteiger partial charge is 0.530 e. The van der Waals surface area contributed by atoms with Gasteiger partial charge in [-0.3, -0.25) is 0 Å². The average Bonchev–Trinajstić information content (AvgIpc) is 1.02. The number of hydrogen-bond donors (Lipinski definition) is 0. The molecule has 584 valence electrons. The van der Waals surface area contributed by atoms with Gasteiger partial charge in [-0.2, -0.15) is 0 Å². The molecule has 19 heteroatoms. The maximum atomic E-state index is 5.84. The van der Waals surface area contributed by atoms with Gasteiger partial charge in [0.15, 0.2) is 0 Å². The van der Waals surface area contributed by atoms with E-state index in [4.69, 9.17) is 40.4 Å². The van der Waals surface area contributed by atoms with Crippen LogP contribution in [0.2, 0.25) is 0 Å². The molecule has 0 saturated heterocycles. The lowest BCUT2D eigenvalue weighted by Crippen LogP contribution is -2.28. The van der Waals surface area contributed by atoms with Crippen molar-refractivity contribution in [1.29, 1.82) is 0 Å². The fraction of sp³-hybridized carbons (Fsp3) is 0.400. The highest BCUT2D eigenvalue weighted by molar-refractivity contribution is 7.90. The first-order valence-corrected chi connectivity index (χ1v) is 52.1. The Morgan fingerprint density at radius 1 is 0.303 bits per heavy atom. The van der Waals surface area contributed by atoms with Crippen LogP contribution in [0.4, 0.5) is 0 Å². The predicted molar refractivity (Wildman–Crippen MR) is 483 cm³/mol. The second-order valence-corrected chi connectivity index (χ2v) is 45.5. The van der Waals surface area contributed by atoms with E-state index < -0.39 is 25.1 Å². The minimum Gasteiger partial charge on any atom is -0.464 e. The molecule has 4 fully saturated rings. The summed E-state index contributed by atoms with van der Waals surface area (Å²) < 4.78 is 53.8. The van der Waals surface area contributed by atoms with Gasteiger partial charge in [0.1, 0.15) is 41.7 Å². The summed E-state index contributed by atoms with van der Waals surface area (Å²) in [5.41, 5.74) is 7.08. The Kier molecular flexibility index (Phi) is 43.3. The summed E-state index contributed by atoms with van der Waals surface area (Å²) in [6.07, 6.45) is 40.0. The van der Waals surface area contributed by atoms with Gasteiger partial charge in [-0.25, -0.2) is 0 Å². The van der Waals surface area contributed by atoms with Crippen molar-refractivity contribution >= 4 is 132 Å². The molecular formula is C90H117O9P7S3. The lowest BCUT2D eigenvalue weighted by atomic mass is 9.99. The lowest BCUT2D eigenvalue weighted by molar-refractivity contribution is 0.176. The van der Waals surface area contributed by atoms with Crippen molar-refractivity contribution in [2.24, 2.45) is 0 Å². The van der Waals surface area contributed by atoms with Gasteiger partial charge in [0.2, 0.25) is 0 Å². The number of furan rings is 3. The molecule has 15 rings (SSSR count). The summed E-state index contributed by atoms with van der Waals surface area (Å²) in [5.74, 6) is 2.13. The lowest BCUT2D eigenvalue weighted by Gasteiger charge is -2.44. The highest BCUT2D eigenvalue weighted by Crippen LogP contribution is 2.62. The number of hydrogen-bond acceptors (Lipinski definition) is 12. The molecule has 4 aliphatic rings. The highest BCUT2D eigenvalue weighted by atomic mass is 32.1. The van der Waals surface area contributed by atoms with E-state index in [1.807, 2.05) is 182 Å². The fourth-order valence-electron chi connectivity index (χ4n) is 14.0. The van der Waals surface area contributed by atoms with Crippen LogP contribution in [0.15, 0.2) is 273 Å². The zero-order valence-electron chi connectivity index (χ0n) is 65.0. The Balaban J connectivity index is 0.000000150. The van der Waals surface area contributed by atoms with E-state index in [1.165, 1.54) is 101 Å². The van der Waals surface area contributed by atoms with Crippen molar-refractivity contribution in [3.63, 3.8) is 0 Å². The summed E-state index contributed by atoms with van der Waals surface area (Å²) in [6, 6.07) is 75.5. The molecule has 0 atom stereocenters. The number of para-hydroxylation sites is 3. The molecule has 109 heavy (non-hydrogen) atoms. The quantitative estimate of drug-likeness (QED) is 0.0467. The zero-order chi connectivity index (χ0) is 76.0. The van der Waals surface area contributed by atoms with Crippen molar-refractivity contribution in [3.05, 3.63) is 259 Å². The van der Waals surface area contributed by atoms with Crippen LogP contribution in [-0.4, -0.2) is 60.9 Å². The highest BCUT2D eigenvalue weighted by Gasteiger charge is 2.37. The molecule has 4 aliphatic carbocycles. The van der Waals surface area contributed by atoms with Gasteiger partial charge >= 0.3 is 17.2 Å². The van der Waals surface area contributed by atoms with E-state index in [1.54, 1.807) is 106 Å². The van der Waals surface area contributed by atoms with Crippen molar-refractivity contribution in [2.45, 2.75) is 193 Å². The van der Waals surface area contributed by atoms with E-state index in [-0.39, 0.29) is 15.8 Å². The molecule has 6 aromatic heterocycles. The van der Waals surface area contributed by atoms with Crippen molar-refractivity contribution < 1.29 is 40.4 Å². The molecule has 0 amide bonds. The van der Waals surface area contributed by atoms with Gasteiger partial charge < -0.3 is 40.4 Å². The average molecular weight is 1660 g/mol. The van der Waals surface area contributed by atoms with E-state index in [9.17, 15) is 0 Å². The maximum absolute atomic E-state index is 5.84. The molecule has 0 radical (unpaired) electrons. The standard InChI is InChI=1S/C18H15O3P.C18H33P.C18H21P.C12H9O3P.C12H9PS3.C6H15O3P.C6H15P/c1-4-10-16(11-5-1)19-22(20-17-12-6-2-7-13-17)21-18-14-8-3-9-15-18;2*1-4-10-16(11-5-1)19(17-12-6-2-7-13-17)18-14-8-3-9-15-18;1-4-10(13-7-1)16(11-5-2-8-14-11)12-6-3-9-15-12;1-4-10(14-7-1)13(11-5-2-8-15-11)12-6-3-9-16-12;1-4-7-10(8-5-2)9-6-3;1-4-7(5-2)6-3/h1-15H;16-18H,1-15H2;1-2,4-7,10-13,18H,3,8-9,14-15H2;2*1-9H;4-6H2,1-3H3;4-6H2,1-3H3.